The minimum absolute atomic E-state index is 0.105. The third kappa shape index (κ3) is 6.08. The zero-order chi connectivity index (χ0) is 26.1. The smallest absolute Gasteiger partial charge is 0.323 e. The molecule has 5 nitrogen and oxygen atoms in total. The molecule has 1 heterocycles. The maximum Gasteiger partial charge on any atom is 0.323 e. The van der Waals surface area contributed by atoms with E-state index in [-0.39, 0.29) is 17.9 Å². The number of aliphatic carboxylic acids is 1. The molecule has 6 heteroatoms. The second kappa shape index (κ2) is 9.98. The minimum Gasteiger partial charge on any atom is -0.487 e. The Morgan fingerprint density at radius 1 is 1.00 bits per heavy atom. The Bertz CT molecular complexity index is 1260. The number of amides is 1. The van der Waals surface area contributed by atoms with Gasteiger partial charge in [-0.3, -0.25) is 9.59 Å². The molecule has 188 valence electrons. The van der Waals surface area contributed by atoms with Crippen molar-refractivity contribution in [1.29, 1.82) is 0 Å². The Kier molecular flexibility index (Phi) is 7.14. The van der Waals surface area contributed by atoms with Crippen LogP contribution in [-0.2, 0) is 29.6 Å². The number of ether oxygens (including phenoxy) is 1. The van der Waals surface area contributed by atoms with Crippen molar-refractivity contribution in [3.05, 3.63) is 99.6 Å². The van der Waals surface area contributed by atoms with Crippen molar-refractivity contribution in [3.8, 4) is 5.75 Å². The van der Waals surface area contributed by atoms with Crippen LogP contribution in [0.5, 0.6) is 5.75 Å². The maximum absolute atomic E-state index is 13.3. The van der Waals surface area contributed by atoms with Crippen LogP contribution in [0, 0.1) is 0 Å². The molecule has 0 aliphatic carbocycles. The molecule has 1 aliphatic rings. The average molecular weight is 506 g/mol. The van der Waals surface area contributed by atoms with Crippen molar-refractivity contribution >= 4 is 23.5 Å². The number of benzene rings is 3. The molecule has 4 rings (SSSR count). The third-order valence-electron chi connectivity index (χ3n) is 6.53. The lowest BCUT2D eigenvalue weighted by molar-refractivity contribution is -0.137. The molecular formula is C30H32ClNO4. The van der Waals surface area contributed by atoms with E-state index >= 15 is 0 Å². The third-order valence-corrected chi connectivity index (χ3v) is 6.78. The van der Waals surface area contributed by atoms with Crippen molar-refractivity contribution in [1.82, 2.24) is 4.90 Å². The number of halogens is 1. The second-order valence-corrected chi connectivity index (χ2v) is 11.3. The summed E-state index contributed by atoms with van der Waals surface area (Å²) in [6, 6.07) is 21.1. The lowest BCUT2D eigenvalue weighted by Crippen LogP contribution is -2.35. The van der Waals surface area contributed by atoms with E-state index in [1.54, 1.807) is 30.3 Å². The van der Waals surface area contributed by atoms with Crippen molar-refractivity contribution in [2.24, 2.45) is 0 Å². The number of carbonyl (C=O) groups is 2. The SMILES string of the molecule is CC1(Cc2ccc(C(C)(C)C)cc2)Cc2cc(C(=O)N(CC(=O)O)Cc3ccc(Cl)cc3)ccc2O1. The van der Waals surface area contributed by atoms with Gasteiger partial charge >= 0.3 is 5.97 Å². The van der Waals surface area contributed by atoms with Gasteiger partial charge in [-0.2, -0.15) is 0 Å². The molecule has 0 bridgehead atoms. The molecule has 0 fully saturated rings. The van der Waals surface area contributed by atoms with Gasteiger partial charge in [0.25, 0.3) is 5.91 Å². The Hall–Kier alpha value is -3.31. The Balaban J connectivity index is 1.50. The standard InChI is InChI=1S/C30H32ClNO4/c1-29(2,3)24-10-5-20(6-11-24)16-30(4)17-23-15-22(9-14-26(23)36-30)28(35)32(19-27(33)34)18-21-7-12-25(31)13-8-21/h5-15H,16-19H2,1-4H3,(H,33,34). The summed E-state index contributed by atoms with van der Waals surface area (Å²) in [5, 5.41) is 9.98. The molecule has 0 radical (unpaired) electrons. The molecule has 3 aromatic carbocycles. The number of fused-ring (bicyclic) bond motifs is 1. The lowest BCUT2D eigenvalue weighted by Gasteiger charge is -2.25. The van der Waals surface area contributed by atoms with Crippen molar-refractivity contribution < 1.29 is 19.4 Å². The highest BCUT2D eigenvalue weighted by atomic mass is 35.5. The molecule has 3 aromatic rings. The highest BCUT2D eigenvalue weighted by molar-refractivity contribution is 6.30. The summed E-state index contributed by atoms with van der Waals surface area (Å²) in [5.41, 5.74) is 4.39. The molecule has 1 N–H and O–H groups in total. The molecule has 0 saturated heterocycles. The van der Waals surface area contributed by atoms with Crippen LogP contribution in [0.4, 0.5) is 0 Å². The first kappa shape index (κ1) is 25.8. The fourth-order valence-electron chi connectivity index (χ4n) is 4.66. The summed E-state index contributed by atoms with van der Waals surface area (Å²) in [5.74, 6) is -0.628. The molecule has 0 spiro atoms. The van der Waals surface area contributed by atoms with Gasteiger partial charge in [0.2, 0.25) is 0 Å². The Morgan fingerprint density at radius 3 is 2.25 bits per heavy atom. The maximum atomic E-state index is 13.3. The van der Waals surface area contributed by atoms with E-state index in [1.807, 2.05) is 12.1 Å². The zero-order valence-corrected chi connectivity index (χ0v) is 21.9. The van der Waals surface area contributed by atoms with E-state index in [1.165, 1.54) is 16.0 Å². The van der Waals surface area contributed by atoms with E-state index in [2.05, 4.69) is 52.0 Å². The minimum atomic E-state index is -1.06. The van der Waals surface area contributed by atoms with Gasteiger partial charge in [-0.15, -0.1) is 0 Å². The predicted molar refractivity (Wildman–Crippen MR) is 142 cm³/mol. The predicted octanol–water partition coefficient (Wildman–Crippen LogP) is 6.30. The summed E-state index contributed by atoms with van der Waals surface area (Å²) in [6.45, 7) is 8.48. The number of hydrogen-bond acceptors (Lipinski definition) is 3. The first-order valence-corrected chi connectivity index (χ1v) is 12.5. The van der Waals surface area contributed by atoms with Crippen LogP contribution in [-0.4, -0.2) is 34.0 Å². The van der Waals surface area contributed by atoms with Crippen LogP contribution in [0.15, 0.2) is 66.7 Å². The summed E-state index contributed by atoms with van der Waals surface area (Å²) in [7, 11) is 0. The van der Waals surface area contributed by atoms with Crippen LogP contribution in [0.1, 0.15) is 60.3 Å². The molecule has 0 aromatic heterocycles. The number of carbonyl (C=O) groups excluding carboxylic acids is 1. The van der Waals surface area contributed by atoms with E-state index in [9.17, 15) is 14.7 Å². The average Bonchev–Trinajstić information content (AvgIpc) is 3.13. The Morgan fingerprint density at radius 2 is 1.64 bits per heavy atom. The molecule has 1 atom stereocenters. The van der Waals surface area contributed by atoms with Gasteiger partial charge in [0.1, 0.15) is 17.9 Å². The summed E-state index contributed by atoms with van der Waals surface area (Å²) >= 11 is 5.96. The van der Waals surface area contributed by atoms with Crippen LogP contribution >= 0.6 is 11.6 Å². The quantitative estimate of drug-likeness (QED) is 0.409. The van der Waals surface area contributed by atoms with E-state index in [0.29, 0.717) is 17.0 Å². The highest BCUT2D eigenvalue weighted by Crippen LogP contribution is 2.38. The number of carboxylic acid groups (broad SMARTS) is 1. The second-order valence-electron chi connectivity index (χ2n) is 10.9. The molecule has 1 unspecified atom stereocenters. The normalized spacial score (nSPS) is 16.8. The van der Waals surface area contributed by atoms with E-state index in [4.69, 9.17) is 16.3 Å². The molecule has 0 saturated carbocycles. The topological polar surface area (TPSA) is 66.8 Å². The van der Waals surface area contributed by atoms with Crippen LogP contribution in [0.3, 0.4) is 0 Å². The number of carboxylic acids is 1. The lowest BCUT2D eigenvalue weighted by atomic mass is 9.85. The largest absolute Gasteiger partial charge is 0.487 e. The molecular weight excluding hydrogens is 474 g/mol. The van der Waals surface area contributed by atoms with E-state index in [0.717, 1.165) is 23.3 Å². The van der Waals surface area contributed by atoms with Crippen LogP contribution < -0.4 is 4.74 Å². The van der Waals surface area contributed by atoms with Gasteiger partial charge in [-0.1, -0.05) is 68.8 Å². The summed E-state index contributed by atoms with van der Waals surface area (Å²) < 4.78 is 6.33. The number of hydrogen-bond donors (Lipinski definition) is 1. The van der Waals surface area contributed by atoms with Crippen molar-refractivity contribution in [2.45, 2.75) is 58.1 Å². The fourth-order valence-corrected chi connectivity index (χ4v) is 4.79. The van der Waals surface area contributed by atoms with E-state index < -0.39 is 18.1 Å². The van der Waals surface area contributed by atoms with Crippen molar-refractivity contribution in [3.63, 3.8) is 0 Å². The zero-order valence-electron chi connectivity index (χ0n) is 21.2. The molecule has 1 amide bonds. The monoisotopic (exact) mass is 505 g/mol. The molecule has 36 heavy (non-hydrogen) atoms. The highest BCUT2D eigenvalue weighted by Gasteiger charge is 2.35. The number of rotatable bonds is 7. The van der Waals surface area contributed by atoms with Crippen LogP contribution in [0.25, 0.3) is 0 Å². The summed E-state index contributed by atoms with van der Waals surface area (Å²) in [4.78, 5) is 26.1. The molecule has 1 aliphatic heterocycles. The van der Waals surface area contributed by atoms with Gasteiger partial charge in [-0.25, -0.2) is 0 Å². The summed E-state index contributed by atoms with van der Waals surface area (Å²) in [6.07, 6.45) is 1.41. The fraction of sp³-hybridized carbons (Fsp3) is 0.333. The Labute approximate surface area is 217 Å². The first-order chi connectivity index (χ1) is 16.9. The van der Waals surface area contributed by atoms with Gasteiger partial charge in [0, 0.05) is 30.0 Å². The van der Waals surface area contributed by atoms with Crippen molar-refractivity contribution in [2.75, 3.05) is 6.54 Å². The van der Waals surface area contributed by atoms with Gasteiger partial charge in [0.05, 0.1) is 0 Å². The number of nitrogens with zero attached hydrogens (tertiary/aromatic N) is 1. The first-order valence-electron chi connectivity index (χ1n) is 12.1. The van der Waals surface area contributed by atoms with Gasteiger partial charge in [-0.05, 0) is 64.9 Å². The van der Waals surface area contributed by atoms with Gasteiger partial charge in [0.15, 0.2) is 0 Å². The van der Waals surface area contributed by atoms with Crippen LogP contribution in [0.2, 0.25) is 5.02 Å². The van der Waals surface area contributed by atoms with Gasteiger partial charge < -0.3 is 14.7 Å².